The van der Waals surface area contributed by atoms with Crippen molar-refractivity contribution in [2.45, 2.75) is 44.9 Å². The summed E-state index contributed by atoms with van der Waals surface area (Å²) in [7, 11) is -2.23. The molecule has 0 radical (unpaired) electrons. The molecule has 9 heteroatoms. The number of halogens is 1. The molecule has 0 atom stereocenters. The number of amides is 2. The Bertz CT molecular complexity index is 1150. The number of benzene rings is 2. The summed E-state index contributed by atoms with van der Waals surface area (Å²) in [5, 5.41) is 3.00. The Balaban J connectivity index is 1.76. The van der Waals surface area contributed by atoms with E-state index in [4.69, 9.17) is 11.6 Å². The number of carbonyl (C=O) groups is 2. The largest absolute Gasteiger partial charge is 0.332 e. The van der Waals surface area contributed by atoms with Crippen LogP contribution < -0.4 is 5.32 Å². The van der Waals surface area contributed by atoms with Crippen LogP contribution in [0.5, 0.6) is 0 Å². The highest BCUT2D eigenvalue weighted by molar-refractivity contribution is 7.89. The summed E-state index contributed by atoms with van der Waals surface area (Å²) >= 11 is 6.24. The van der Waals surface area contributed by atoms with E-state index < -0.39 is 15.9 Å². The molecule has 3 rings (SSSR count). The van der Waals surface area contributed by atoms with Crippen LogP contribution in [0.3, 0.4) is 0 Å². The van der Waals surface area contributed by atoms with Crippen molar-refractivity contribution >= 4 is 39.1 Å². The Hall–Kier alpha value is -2.42. The molecule has 33 heavy (non-hydrogen) atoms. The van der Waals surface area contributed by atoms with Crippen LogP contribution >= 0.6 is 11.6 Å². The number of likely N-dealkylation sites (N-methyl/N-ethyl adjacent to an activating group) is 1. The maximum absolute atomic E-state index is 13.0. The Labute approximate surface area is 200 Å². The number of hydrogen-bond acceptors (Lipinski definition) is 4. The van der Waals surface area contributed by atoms with E-state index in [2.05, 4.69) is 5.32 Å². The minimum atomic E-state index is -3.71. The smallest absolute Gasteiger partial charge is 0.255 e. The number of anilines is 1. The second kappa shape index (κ2) is 10.2. The summed E-state index contributed by atoms with van der Waals surface area (Å²) in [5.74, 6) is -0.877. The quantitative estimate of drug-likeness (QED) is 0.657. The van der Waals surface area contributed by atoms with E-state index in [1.165, 1.54) is 34.5 Å². The fourth-order valence-electron chi connectivity index (χ4n) is 4.13. The predicted octanol–water partition coefficient (Wildman–Crippen LogP) is 4.15. The third kappa shape index (κ3) is 5.75. The molecule has 0 unspecified atom stereocenters. The van der Waals surface area contributed by atoms with Crippen LogP contribution in [0.25, 0.3) is 0 Å². The van der Waals surface area contributed by atoms with Gasteiger partial charge in [0.1, 0.15) is 0 Å². The average molecular weight is 492 g/mol. The molecule has 2 amide bonds. The van der Waals surface area contributed by atoms with Gasteiger partial charge in [-0.1, -0.05) is 35.7 Å². The number of rotatable bonds is 6. The van der Waals surface area contributed by atoms with Crippen molar-refractivity contribution in [1.29, 1.82) is 0 Å². The standard InChI is InChI=1S/C24H30ClN3O4S/c1-16-12-17(2)23(18(3)13-16)26-22(29)15-27(4)24(30)20-14-19(8-9-21(20)25)33(31,32)28-10-6-5-7-11-28/h8-9,12-14H,5-7,10-11,15H2,1-4H3,(H,26,29). The number of piperidine rings is 1. The average Bonchev–Trinajstić information content (AvgIpc) is 2.76. The fraction of sp³-hybridized carbons (Fsp3) is 0.417. The van der Waals surface area contributed by atoms with Crippen LogP contribution in [-0.4, -0.2) is 56.1 Å². The molecule has 0 bridgehead atoms. The van der Waals surface area contributed by atoms with Gasteiger partial charge < -0.3 is 10.2 Å². The van der Waals surface area contributed by atoms with Crippen molar-refractivity contribution in [1.82, 2.24) is 9.21 Å². The van der Waals surface area contributed by atoms with Crippen molar-refractivity contribution in [3.8, 4) is 0 Å². The second-order valence-corrected chi connectivity index (χ2v) is 10.9. The molecule has 1 aliphatic heterocycles. The molecule has 0 aromatic heterocycles. The molecule has 1 heterocycles. The lowest BCUT2D eigenvalue weighted by Crippen LogP contribution is -2.36. The van der Waals surface area contributed by atoms with Crippen LogP contribution in [0.4, 0.5) is 5.69 Å². The summed E-state index contributed by atoms with van der Waals surface area (Å²) in [6.07, 6.45) is 2.64. The van der Waals surface area contributed by atoms with Crippen molar-refractivity contribution in [3.63, 3.8) is 0 Å². The second-order valence-electron chi connectivity index (χ2n) is 8.59. The topological polar surface area (TPSA) is 86.8 Å². The highest BCUT2D eigenvalue weighted by atomic mass is 35.5. The molecule has 1 fully saturated rings. The molecular formula is C24H30ClN3O4S. The van der Waals surface area contributed by atoms with Crippen molar-refractivity contribution in [2.75, 3.05) is 32.0 Å². The van der Waals surface area contributed by atoms with Crippen molar-refractivity contribution in [2.24, 2.45) is 0 Å². The van der Waals surface area contributed by atoms with Gasteiger partial charge >= 0.3 is 0 Å². The normalized spacial score (nSPS) is 14.7. The highest BCUT2D eigenvalue weighted by Gasteiger charge is 2.28. The third-order valence-electron chi connectivity index (χ3n) is 5.79. The molecule has 0 saturated carbocycles. The monoisotopic (exact) mass is 491 g/mol. The summed E-state index contributed by atoms with van der Waals surface area (Å²) in [6, 6.07) is 8.09. The minimum Gasteiger partial charge on any atom is -0.332 e. The van der Waals surface area contributed by atoms with E-state index in [9.17, 15) is 18.0 Å². The van der Waals surface area contributed by atoms with E-state index >= 15 is 0 Å². The molecule has 2 aromatic carbocycles. The lowest BCUT2D eigenvalue weighted by atomic mass is 10.1. The van der Waals surface area contributed by atoms with E-state index in [0.717, 1.165) is 41.6 Å². The Morgan fingerprint density at radius 2 is 1.64 bits per heavy atom. The highest BCUT2D eigenvalue weighted by Crippen LogP contribution is 2.26. The van der Waals surface area contributed by atoms with Crippen LogP contribution in [0.1, 0.15) is 46.3 Å². The summed E-state index contributed by atoms with van der Waals surface area (Å²) in [6.45, 7) is 6.54. The maximum atomic E-state index is 13.0. The van der Waals surface area contributed by atoms with Gasteiger partial charge in [0, 0.05) is 25.8 Å². The van der Waals surface area contributed by atoms with Crippen LogP contribution in [0, 0.1) is 20.8 Å². The molecule has 1 N–H and O–H groups in total. The van der Waals surface area contributed by atoms with Gasteiger partial charge in [-0.15, -0.1) is 0 Å². The molecule has 2 aromatic rings. The number of nitrogens with zero attached hydrogens (tertiary/aromatic N) is 2. The first-order valence-corrected chi connectivity index (χ1v) is 12.8. The summed E-state index contributed by atoms with van der Waals surface area (Å²) in [5.41, 5.74) is 3.75. The first kappa shape index (κ1) is 25.2. The van der Waals surface area contributed by atoms with Crippen LogP contribution in [-0.2, 0) is 14.8 Å². The maximum Gasteiger partial charge on any atom is 0.255 e. The van der Waals surface area contributed by atoms with Gasteiger partial charge in [-0.3, -0.25) is 9.59 Å². The molecule has 0 spiro atoms. The zero-order chi connectivity index (χ0) is 24.3. The molecule has 7 nitrogen and oxygen atoms in total. The number of carbonyl (C=O) groups excluding carboxylic acids is 2. The molecule has 178 valence electrons. The van der Waals surface area contributed by atoms with Gasteiger partial charge in [-0.05, 0) is 62.9 Å². The zero-order valence-corrected chi connectivity index (χ0v) is 21.0. The van der Waals surface area contributed by atoms with E-state index in [1.807, 2.05) is 32.9 Å². The van der Waals surface area contributed by atoms with Gasteiger partial charge in [-0.25, -0.2) is 8.42 Å². The molecule has 0 aliphatic carbocycles. The van der Waals surface area contributed by atoms with Crippen LogP contribution in [0.15, 0.2) is 35.2 Å². The minimum absolute atomic E-state index is 0.0286. The summed E-state index contributed by atoms with van der Waals surface area (Å²) in [4.78, 5) is 26.9. The van der Waals surface area contributed by atoms with E-state index in [0.29, 0.717) is 13.1 Å². The number of aryl methyl sites for hydroxylation is 3. The SMILES string of the molecule is Cc1cc(C)c(NC(=O)CN(C)C(=O)c2cc(S(=O)(=O)N3CCCCC3)ccc2Cl)c(C)c1. The molecule has 1 saturated heterocycles. The number of hydrogen-bond donors (Lipinski definition) is 1. The van der Waals surface area contributed by atoms with Crippen molar-refractivity contribution in [3.05, 3.63) is 57.6 Å². The number of nitrogens with one attached hydrogen (secondary N) is 1. The van der Waals surface area contributed by atoms with Gasteiger partial charge in [-0.2, -0.15) is 4.31 Å². The van der Waals surface area contributed by atoms with Crippen molar-refractivity contribution < 1.29 is 18.0 Å². The third-order valence-corrected chi connectivity index (χ3v) is 8.01. The van der Waals surface area contributed by atoms with Gasteiger partial charge in [0.25, 0.3) is 5.91 Å². The Morgan fingerprint density at radius 1 is 1.03 bits per heavy atom. The van der Waals surface area contributed by atoms with E-state index in [1.54, 1.807) is 0 Å². The van der Waals surface area contributed by atoms with Gasteiger partial charge in [0.05, 0.1) is 22.0 Å². The Kier molecular flexibility index (Phi) is 7.82. The fourth-order valence-corrected chi connectivity index (χ4v) is 5.87. The first-order chi connectivity index (χ1) is 15.5. The molecule has 1 aliphatic rings. The first-order valence-electron chi connectivity index (χ1n) is 10.9. The van der Waals surface area contributed by atoms with Crippen LogP contribution in [0.2, 0.25) is 5.02 Å². The lowest BCUT2D eigenvalue weighted by Gasteiger charge is -2.26. The zero-order valence-electron chi connectivity index (χ0n) is 19.4. The van der Waals surface area contributed by atoms with E-state index in [-0.39, 0.29) is 27.9 Å². The van der Waals surface area contributed by atoms with Gasteiger partial charge in [0.2, 0.25) is 15.9 Å². The predicted molar refractivity (Wildman–Crippen MR) is 130 cm³/mol. The lowest BCUT2D eigenvalue weighted by molar-refractivity contribution is -0.116. The van der Waals surface area contributed by atoms with Gasteiger partial charge in [0.15, 0.2) is 0 Å². The Morgan fingerprint density at radius 3 is 2.24 bits per heavy atom. The molecular weight excluding hydrogens is 462 g/mol. The summed E-state index contributed by atoms with van der Waals surface area (Å²) < 4.78 is 27.5. The number of sulfonamides is 1.